The van der Waals surface area contributed by atoms with E-state index >= 15 is 0 Å². The number of anilines is 2. The highest BCUT2D eigenvalue weighted by atomic mass is 19.3. The van der Waals surface area contributed by atoms with Crippen molar-refractivity contribution in [3.8, 4) is 11.8 Å². The number of hydrogen-bond donors (Lipinski definition) is 2. The van der Waals surface area contributed by atoms with Crippen molar-refractivity contribution in [2.24, 2.45) is 13.0 Å². The van der Waals surface area contributed by atoms with Crippen molar-refractivity contribution in [1.82, 2.24) is 43.7 Å². The number of carbonyl (C=O) groups excluding carboxylic acids is 3. The maximum absolute atomic E-state index is 14.3. The van der Waals surface area contributed by atoms with Gasteiger partial charge in [0, 0.05) is 52.0 Å². The molecule has 4 aliphatic heterocycles. The first-order chi connectivity index (χ1) is 30.6. The van der Waals surface area contributed by atoms with Crippen molar-refractivity contribution in [3.63, 3.8) is 0 Å². The number of ether oxygens (including phenoxy) is 2. The maximum Gasteiger partial charge on any atom is 0.329 e. The molecule has 3 amide bonds. The van der Waals surface area contributed by atoms with Crippen molar-refractivity contribution >= 4 is 45.9 Å². The summed E-state index contributed by atoms with van der Waals surface area (Å²) in [6.45, 7) is 4.40. The second-order valence-corrected chi connectivity index (χ2v) is 17.4. The van der Waals surface area contributed by atoms with Gasteiger partial charge in [0.2, 0.25) is 11.8 Å². The number of nitrogens with zero attached hydrogens (tertiary/aromatic N) is 9. The topological polar surface area (TPSA) is 175 Å². The zero-order chi connectivity index (χ0) is 43.4. The van der Waals surface area contributed by atoms with Crippen LogP contribution in [0.2, 0.25) is 0 Å². The van der Waals surface area contributed by atoms with E-state index in [1.807, 2.05) is 18.2 Å². The number of carbonyl (C=O) groups is 3. The van der Waals surface area contributed by atoms with Gasteiger partial charge in [-0.3, -0.25) is 33.5 Å². The van der Waals surface area contributed by atoms with E-state index in [0.717, 1.165) is 76.9 Å². The fourth-order valence-corrected chi connectivity index (χ4v) is 10.2. The van der Waals surface area contributed by atoms with Crippen LogP contribution in [0.1, 0.15) is 97.9 Å². The van der Waals surface area contributed by atoms with E-state index in [9.17, 15) is 28.0 Å². The van der Waals surface area contributed by atoms with Crippen LogP contribution in [0.4, 0.5) is 20.3 Å². The quantitative estimate of drug-likeness (QED) is 0.154. The lowest BCUT2D eigenvalue weighted by molar-refractivity contribution is -0.135. The van der Waals surface area contributed by atoms with E-state index in [1.165, 1.54) is 26.0 Å². The summed E-state index contributed by atoms with van der Waals surface area (Å²) in [5, 5.41) is 13.6. The number of imide groups is 1. The second-order valence-electron chi connectivity index (χ2n) is 17.4. The first-order valence-corrected chi connectivity index (χ1v) is 21.9. The summed E-state index contributed by atoms with van der Waals surface area (Å²) in [5.41, 5.74) is 1.62. The fourth-order valence-electron chi connectivity index (χ4n) is 10.2. The predicted octanol–water partition coefficient (Wildman–Crippen LogP) is 3.99. The monoisotopic (exact) mass is 865 g/mol. The predicted molar refractivity (Wildman–Crippen MR) is 226 cm³/mol. The Bertz CT molecular complexity index is 2700. The molecule has 0 unspecified atom stereocenters. The number of imidazole rings is 1. The molecule has 5 aliphatic rings. The molecule has 2 N–H and O–H groups in total. The minimum Gasteiger partial charge on any atom is -0.374 e. The number of rotatable bonds is 10. The zero-order valence-corrected chi connectivity index (χ0v) is 34.9. The number of aryl methyl sites for hydroxylation is 1. The van der Waals surface area contributed by atoms with Gasteiger partial charge in [0.25, 0.3) is 12.3 Å². The first kappa shape index (κ1) is 41.1. The van der Waals surface area contributed by atoms with Gasteiger partial charge in [0.05, 0.1) is 59.4 Å². The summed E-state index contributed by atoms with van der Waals surface area (Å²) in [4.78, 5) is 60.5. The third kappa shape index (κ3) is 8.00. The number of benzene rings is 1. The molecule has 1 saturated carbocycles. The average Bonchev–Trinajstić information content (AvgIpc) is 4.13. The molecule has 1 aliphatic carbocycles. The van der Waals surface area contributed by atoms with Gasteiger partial charge in [0.1, 0.15) is 24.0 Å². The fraction of sp³-hybridized carbons (Fsp3) is 0.523. The average molecular weight is 866 g/mol. The normalized spacial score (nSPS) is 24.4. The minimum absolute atomic E-state index is 0.0104. The Morgan fingerprint density at radius 1 is 1.06 bits per heavy atom. The molecule has 5 fully saturated rings. The highest BCUT2D eigenvalue weighted by Gasteiger charge is 2.40. The molecule has 63 heavy (non-hydrogen) atoms. The van der Waals surface area contributed by atoms with Gasteiger partial charge in [-0.05, 0) is 75.5 Å². The van der Waals surface area contributed by atoms with Crippen molar-refractivity contribution < 1.29 is 32.6 Å². The van der Waals surface area contributed by atoms with Gasteiger partial charge in [-0.1, -0.05) is 17.9 Å². The van der Waals surface area contributed by atoms with Crippen LogP contribution in [0, 0.1) is 17.8 Å². The summed E-state index contributed by atoms with van der Waals surface area (Å²) in [5.74, 6) is 6.11. The van der Waals surface area contributed by atoms with Crippen molar-refractivity contribution in [1.29, 1.82) is 0 Å². The van der Waals surface area contributed by atoms with Crippen LogP contribution >= 0.6 is 0 Å². The van der Waals surface area contributed by atoms with Gasteiger partial charge in [-0.15, -0.1) is 0 Å². The van der Waals surface area contributed by atoms with Crippen molar-refractivity contribution in [2.45, 2.75) is 94.5 Å². The molecule has 10 rings (SSSR count). The van der Waals surface area contributed by atoms with Crippen LogP contribution in [0.5, 0.6) is 0 Å². The SMILES string of the molecule is Cn1c(=O)n([C@@H]2CCC(=O)NC2=O)c2cccc(C#CCOC3CCN(C[C@H]4CC[C@H](n5cc(NC(=O)c6cnn7ccc(N8C[C@H]9C[C@@H]8CO9)nc67)c(C(F)F)n5)CC4)CC3)c21. The molecule has 4 aromatic heterocycles. The van der Waals surface area contributed by atoms with Crippen LogP contribution in [-0.2, 0) is 26.1 Å². The summed E-state index contributed by atoms with van der Waals surface area (Å²) in [6.07, 6.45) is 8.73. The van der Waals surface area contributed by atoms with E-state index < -0.39 is 30.0 Å². The molecule has 8 heterocycles. The van der Waals surface area contributed by atoms with E-state index in [-0.39, 0.29) is 66.6 Å². The molecule has 3 atom stereocenters. The number of fused-ring (bicyclic) bond motifs is 4. The Labute approximate surface area is 360 Å². The number of para-hydroxylation sites is 1. The lowest BCUT2D eigenvalue weighted by Crippen LogP contribution is -2.44. The lowest BCUT2D eigenvalue weighted by Gasteiger charge is -2.36. The van der Waals surface area contributed by atoms with Crippen molar-refractivity contribution in [2.75, 3.05) is 49.6 Å². The first-order valence-electron chi connectivity index (χ1n) is 21.9. The van der Waals surface area contributed by atoms with Crippen LogP contribution in [0.15, 0.2) is 47.7 Å². The second kappa shape index (κ2) is 17.0. The van der Waals surface area contributed by atoms with E-state index in [1.54, 1.807) is 24.0 Å². The summed E-state index contributed by atoms with van der Waals surface area (Å²) < 4.78 is 46.5. The molecule has 330 valence electrons. The summed E-state index contributed by atoms with van der Waals surface area (Å²) in [7, 11) is 1.66. The van der Waals surface area contributed by atoms with E-state index in [4.69, 9.17) is 14.5 Å². The number of nitrogens with one attached hydrogen (secondary N) is 2. The Hall–Kier alpha value is -5.97. The number of hydrogen-bond acceptors (Lipinski definition) is 11. The smallest absolute Gasteiger partial charge is 0.329 e. The Balaban J connectivity index is 0.700. The molecule has 0 spiro atoms. The molecule has 1 aromatic carbocycles. The van der Waals surface area contributed by atoms with Gasteiger partial charge in [0.15, 0.2) is 11.3 Å². The van der Waals surface area contributed by atoms with Crippen LogP contribution < -0.4 is 21.2 Å². The number of likely N-dealkylation sites (tertiary alicyclic amines) is 1. The minimum atomic E-state index is -2.86. The largest absolute Gasteiger partial charge is 0.374 e. The molecule has 0 radical (unpaired) electrons. The molecular formula is C44H49F2N11O6. The number of alkyl halides is 2. The Morgan fingerprint density at radius 3 is 2.63 bits per heavy atom. The number of piperidine rings is 2. The van der Waals surface area contributed by atoms with Crippen LogP contribution in [-0.4, -0.2) is 114 Å². The highest BCUT2D eigenvalue weighted by Crippen LogP contribution is 2.36. The standard InChI is InChI=1S/C44H49F2N11O6/c1-52-39-27(4-2-6-34(39)57(44(52)61)35-11-12-37(58)50-43(35)60)5-3-19-62-30-13-16-53(17-14-30)22-26-7-9-28(10-8-26)56-24-33(38(51-56)40(45)46)48-42(59)32-21-47-55-18-15-36(49-41(32)55)54-23-31-20-29(54)25-63-31/h2,4,6,15,18,21,24,26,28-31,35,40H,7-14,16-17,19-20,22-23,25H2,1H3,(H,48,59)(H,50,58,60)/t26-,28-,29-,31-,35-/m1/s1. The summed E-state index contributed by atoms with van der Waals surface area (Å²) in [6, 6.07) is 6.73. The highest BCUT2D eigenvalue weighted by molar-refractivity contribution is 6.08. The van der Waals surface area contributed by atoms with Gasteiger partial charge in [-0.2, -0.15) is 10.2 Å². The number of morpholine rings is 1. The van der Waals surface area contributed by atoms with Crippen LogP contribution in [0.3, 0.4) is 0 Å². The van der Waals surface area contributed by atoms with Crippen molar-refractivity contribution in [3.05, 3.63) is 70.2 Å². The van der Waals surface area contributed by atoms with Gasteiger partial charge in [-0.25, -0.2) is 23.1 Å². The van der Waals surface area contributed by atoms with Gasteiger partial charge >= 0.3 is 5.69 Å². The number of aromatic nitrogens is 7. The van der Waals surface area contributed by atoms with E-state index in [2.05, 4.69) is 42.5 Å². The molecule has 4 saturated heterocycles. The molecule has 5 aromatic rings. The number of amides is 3. The summed E-state index contributed by atoms with van der Waals surface area (Å²) >= 11 is 0. The van der Waals surface area contributed by atoms with Crippen LogP contribution in [0.25, 0.3) is 16.7 Å². The Kier molecular flexibility index (Phi) is 11.1. The van der Waals surface area contributed by atoms with Gasteiger partial charge < -0.3 is 24.6 Å². The third-order valence-electron chi connectivity index (χ3n) is 13.5. The third-order valence-corrected chi connectivity index (χ3v) is 13.5. The molecule has 17 nitrogen and oxygen atoms in total. The number of halogens is 2. The molecular weight excluding hydrogens is 817 g/mol. The molecule has 19 heteroatoms. The maximum atomic E-state index is 14.3. The van der Waals surface area contributed by atoms with E-state index in [0.29, 0.717) is 34.8 Å². The molecule has 2 bridgehead atoms. The lowest BCUT2D eigenvalue weighted by atomic mass is 9.85. The Morgan fingerprint density at radius 2 is 1.89 bits per heavy atom. The zero-order valence-electron chi connectivity index (χ0n) is 34.9.